The predicted molar refractivity (Wildman–Crippen MR) is 50.4 cm³/mol. The highest BCUT2D eigenvalue weighted by Gasteiger charge is 2.32. The van der Waals surface area contributed by atoms with Crippen LogP contribution in [0.25, 0.3) is 0 Å². The van der Waals surface area contributed by atoms with Gasteiger partial charge in [-0.2, -0.15) is 5.26 Å². The van der Waals surface area contributed by atoms with E-state index >= 15 is 0 Å². The van der Waals surface area contributed by atoms with Crippen LogP contribution in [0.2, 0.25) is 0 Å². The SMILES string of the molecule is N#Cc1ccc(C(O)C(=O)O)cc1OC(F)(F)F. The number of carboxylic acid groups (broad SMARTS) is 1. The normalized spacial score (nSPS) is 12.6. The summed E-state index contributed by atoms with van der Waals surface area (Å²) in [4.78, 5) is 10.5. The van der Waals surface area contributed by atoms with Gasteiger partial charge >= 0.3 is 12.3 Å². The van der Waals surface area contributed by atoms with Crippen LogP contribution in [0.15, 0.2) is 18.2 Å². The molecule has 0 heterocycles. The third-order valence-electron chi connectivity index (χ3n) is 1.90. The molecule has 0 bridgehead atoms. The Morgan fingerprint density at radius 1 is 1.44 bits per heavy atom. The maximum Gasteiger partial charge on any atom is 0.573 e. The molecular weight excluding hydrogens is 255 g/mol. The predicted octanol–water partition coefficient (Wildman–Crippen LogP) is 1.57. The fourth-order valence-electron chi connectivity index (χ4n) is 1.15. The summed E-state index contributed by atoms with van der Waals surface area (Å²) in [6.45, 7) is 0. The van der Waals surface area contributed by atoms with Crippen molar-refractivity contribution in [2.45, 2.75) is 12.5 Å². The lowest BCUT2D eigenvalue weighted by atomic mass is 10.1. The van der Waals surface area contributed by atoms with Gasteiger partial charge in [0, 0.05) is 0 Å². The molecule has 0 fully saturated rings. The molecular formula is C10H6F3NO4. The molecule has 1 aromatic rings. The zero-order chi connectivity index (χ0) is 13.9. The molecule has 0 saturated heterocycles. The zero-order valence-electron chi connectivity index (χ0n) is 8.60. The highest BCUT2D eigenvalue weighted by molar-refractivity contribution is 5.74. The summed E-state index contributed by atoms with van der Waals surface area (Å²) in [6.07, 6.45) is -7.01. The van der Waals surface area contributed by atoms with Crippen molar-refractivity contribution in [1.82, 2.24) is 0 Å². The van der Waals surface area contributed by atoms with Crippen LogP contribution in [-0.2, 0) is 4.79 Å². The quantitative estimate of drug-likeness (QED) is 0.861. The standard InChI is InChI=1S/C10H6F3NO4/c11-10(12,13)18-7-3-5(8(15)9(16)17)1-2-6(7)4-14/h1-3,8,15H,(H,16,17). The summed E-state index contributed by atoms with van der Waals surface area (Å²) in [5, 5.41) is 26.3. The first kappa shape index (κ1) is 13.8. The van der Waals surface area contributed by atoms with Crippen molar-refractivity contribution in [3.05, 3.63) is 29.3 Å². The van der Waals surface area contributed by atoms with Crippen LogP contribution < -0.4 is 4.74 Å². The third-order valence-corrected chi connectivity index (χ3v) is 1.90. The van der Waals surface area contributed by atoms with Gasteiger partial charge in [0.2, 0.25) is 0 Å². The summed E-state index contributed by atoms with van der Waals surface area (Å²) < 4.78 is 39.7. The van der Waals surface area contributed by atoms with Gasteiger partial charge in [-0.25, -0.2) is 4.79 Å². The Morgan fingerprint density at radius 2 is 2.06 bits per heavy atom. The maximum atomic E-state index is 12.0. The number of ether oxygens (including phenoxy) is 1. The fourth-order valence-corrected chi connectivity index (χ4v) is 1.15. The summed E-state index contributed by atoms with van der Waals surface area (Å²) >= 11 is 0. The van der Waals surface area contributed by atoms with E-state index in [2.05, 4.69) is 4.74 Å². The molecule has 1 aromatic carbocycles. The molecule has 18 heavy (non-hydrogen) atoms. The number of alkyl halides is 3. The van der Waals surface area contributed by atoms with Crippen molar-refractivity contribution in [2.75, 3.05) is 0 Å². The summed E-state index contributed by atoms with van der Waals surface area (Å²) in [5.41, 5.74) is -0.741. The lowest BCUT2D eigenvalue weighted by Gasteiger charge is -2.12. The number of aliphatic carboxylic acids is 1. The number of hydrogen-bond acceptors (Lipinski definition) is 4. The van der Waals surface area contributed by atoms with Crippen LogP contribution in [-0.4, -0.2) is 22.5 Å². The van der Waals surface area contributed by atoms with E-state index in [-0.39, 0.29) is 5.56 Å². The van der Waals surface area contributed by atoms with Crippen LogP contribution in [0.5, 0.6) is 5.75 Å². The summed E-state index contributed by atoms with van der Waals surface area (Å²) in [7, 11) is 0. The van der Waals surface area contributed by atoms with Crippen molar-refractivity contribution in [2.24, 2.45) is 0 Å². The molecule has 0 spiro atoms. The van der Waals surface area contributed by atoms with Gasteiger partial charge in [-0.05, 0) is 17.7 Å². The molecule has 2 N–H and O–H groups in total. The van der Waals surface area contributed by atoms with Crippen molar-refractivity contribution >= 4 is 5.97 Å². The van der Waals surface area contributed by atoms with Gasteiger partial charge in [0.15, 0.2) is 6.10 Å². The highest BCUT2D eigenvalue weighted by Crippen LogP contribution is 2.29. The van der Waals surface area contributed by atoms with Gasteiger partial charge in [0.1, 0.15) is 11.8 Å². The second-order valence-corrected chi connectivity index (χ2v) is 3.16. The first-order valence-corrected chi connectivity index (χ1v) is 4.45. The van der Waals surface area contributed by atoms with Crippen LogP contribution in [0.4, 0.5) is 13.2 Å². The number of aliphatic hydroxyl groups is 1. The first-order chi connectivity index (χ1) is 8.24. The molecule has 1 rings (SSSR count). The maximum absolute atomic E-state index is 12.0. The zero-order valence-corrected chi connectivity index (χ0v) is 8.60. The molecule has 0 aromatic heterocycles. The molecule has 0 radical (unpaired) electrons. The summed E-state index contributed by atoms with van der Waals surface area (Å²) in [6, 6.07) is 4.08. The molecule has 1 atom stereocenters. The molecule has 96 valence electrons. The molecule has 0 saturated carbocycles. The molecule has 0 aliphatic rings. The monoisotopic (exact) mass is 261 g/mol. The number of hydrogen-bond donors (Lipinski definition) is 2. The minimum atomic E-state index is -5.02. The van der Waals surface area contributed by atoms with Gasteiger partial charge in [-0.3, -0.25) is 0 Å². The Morgan fingerprint density at radius 3 is 2.50 bits per heavy atom. The van der Waals surface area contributed by atoms with Crippen LogP contribution in [0.1, 0.15) is 17.2 Å². The van der Waals surface area contributed by atoms with Crippen molar-refractivity contribution in [1.29, 1.82) is 5.26 Å². The minimum absolute atomic E-state index is 0.319. The number of carbonyl (C=O) groups is 1. The average molecular weight is 261 g/mol. The smallest absolute Gasteiger partial charge is 0.479 e. The van der Waals surface area contributed by atoms with Crippen molar-refractivity contribution in [3.63, 3.8) is 0 Å². The number of benzene rings is 1. The lowest BCUT2D eigenvalue weighted by molar-refractivity contribution is -0.274. The Labute approximate surface area is 98.6 Å². The second-order valence-electron chi connectivity index (χ2n) is 3.16. The Hall–Kier alpha value is -2.27. The Bertz CT molecular complexity index is 507. The highest BCUT2D eigenvalue weighted by atomic mass is 19.4. The van der Waals surface area contributed by atoms with E-state index in [1.165, 1.54) is 6.07 Å². The fraction of sp³-hybridized carbons (Fsp3) is 0.200. The number of halogens is 3. The van der Waals surface area contributed by atoms with E-state index in [0.717, 1.165) is 12.1 Å². The topological polar surface area (TPSA) is 90.5 Å². The Kier molecular flexibility index (Phi) is 3.78. The third kappa shape index (κ3) is 3.36. The van der Waals surface area contributed by atoms with Gasteiger partial charge in [-0.15, -0.1) is 13.2 Å². The number of nitriles is 1. The van der Waals surface area contributed by atoms with E-state index < -0.39 is 29.7 Å². The number of rotatable bonds is 3. The number of aliphatic hydroxyl groups excluding tert-OH is 1. The van der Waals surface area contributed by atoms with E-state index in [4.69, 9.17) is 15.5 Å². The van der Waals surface area contributed by atoms with Crippen LogP contribution >= 0.6 is 0 Å². The van der Waals surface area contributed by atoms with Gasteiger partial charge < -0.3 is 14.9 Å². The second kappa shape index (κ2) is 4.93. The summed E-state index contributed by atoms with van der Waals surface area (Å²) in [5.74, 6) is -2.49. The van der Waals surface area contributed by atoms with Crippen molar-refractivity contribution in [3.8, 4) is 11.8 Å². The number of nitrogens with zero attached hydrogens (tertiary/aromatic N) is 1. The molecule has 1 unspecified atom stereocenters. The molecule has 0 aliphatic carbocycles. The van der Waals surface area contributed by atoms with E-state index in [1.807, 2.05) is 0 Å². The minimum Gasteiger partial charge on any atom is -0.479 e. The molecule has 5 nitrogen and oxygen atoms in total. The Balaban J connectivity index is 3.18. The van der Waals surface area contributed by atoms with Crippen LogP contribution in [0.3, 0.4) is 0 Å². The average Bonchev–Trinajstić information content (AvgIpc) is 2.25. The molecule has 8 heteroatoms. The van der Waals surface area contributed by atoms with E-state index in [0.29, 0.717) is 6.07 Å². The lowest BCUT2D eigenvalue weighted by Crippen LogP contribution is -2.18. The van der Waals surface area contributed by atoms with E-state index in [9.17, 15) is 18.0 Å². The largest absolute Gasteiger partial charge is 0.573 e. The van der Waals surface area contributed by atoms with Gasteiger partial charge in [0.05, 0.1) is 5.56 Å². The van der Waals surface area contributed by atoms with Crippen LogP contribution in [0, 0.1) is 11.3 Å². The van der Waals surface area contributed by atoms with E-state index in [1.54, 1.807) is 0 Å². The van der Waals surface area contributed by atoms with Gasteiger partial charge in [0.25, 0.3) is 0 Å². The first-order valence-electron chi connectivity index (χ1n) is 4.45. The molecule has 0 aliphatic heterocycles. The molecule has 0 amide bonds. The van der Waals surface area contributed by atoms with Gasteiger partial charge in [-0.1, -0.05) is 6.07 Å². The number of carboxylic acids is 1. The van der Waals surface area contributed by atoms with Crippen molar-refractivity contribution < 1.29 is 32.9 Å².